The second-order valence-electron chi connectivity index (χ2n) is 4.37. The second-order valence-corrected chi connectivity index (χ2v) is 4.81. The molecule has 0 unspecified atom stereocenters. The molecule has 2 rings (SSSR count). The smallest absolute Gasteiger partial charge is 0.433 e. The maximum Gasteiger partial charge on any atom is 0.433 e. The molecule has 0 atom stereocenters. The fourth-order valence-electron chi connectivity index (χ4n) is 1.70. The molecule has 0 aliphatic rings. The molecular weight excluding hydrogens is 305 g/mol. The highest BCUT2D eigenvalue weighted by atomic mass is 35.5. The summed E-state index contributed by atoms with van der Waals surface area (Å²) in [5.41, 5.74) is 5.55. The molecule has 21 heavy (non-hydrogen) atoms. The average Bonchev–Trinajstić information content (AvgIpc) is 2.41. The lowest BCUT2D eigenvalue weighted by molar-refractivity contribution is -0.141. The Morgan fingerprint density at radius 3 is 2.52 bits per heavy atom. The number of hydrogen-bond acceptors (Lipinski definition) is 3. The lowest BCUT2D eigenvalue weighted by atomic mass is 10.2. The summed E-state index contributed by atoms with van der Waals surface area (Å²) >= 11 is 5.82. The molecule has 0 radical (unpaired) electrons. The number of pyridine rings is 1. The van der Waals surface area contributed by atoms with Crippen LogP contribution in [0.4, 0.5) is 13.2 Å². The standard InChI is InChI=1S/C14H12ClF3N2O/c1-8-6-10(15)3-4-11(8)21-13-9(7-19)2-5-12(20-13)14(16,17)18/h2-6H,7,19H2,1H3. The van der Waals surface area contributed by atoms with Crippen LogP contribution in [0.5, 0.6) is 11.6 Å². The van der Waals surface area contributed by atoms with E-state index in [-0.39, 0.29) is 12.4 Å². The normalized spacial score (nSPS) is 11.5. The fourth-order valence-corrected chi connectivity index (χ4v) is 1.93. The van der Waals surface area contributed by atoms with E-state index in [0.717, 1.165) is 6.07 Å². The predicted octanol–water partition coefficient (Wildman–Crippen LogP) is 4.31. The maximum absolute atomic E-state index is 12.7. The van der Waals surface area contributed by atoms with Crippen LogP contribution in [-0.4, -0.2) is 4.98 Å². The zero-order valence-corrected chi connectivity index (χ0v) is 11.8. The van der Waals surface area contributed by atoms with Gasteiger partial charge in [-0.1, -0.05) is 17.7 Å². The molecule has 2 aromatic rings. The first kappa shape index (κ1) is 15.6. The zero-order valence-electron chi connectivity index (χ0n) is 11.0. The minimum atomic E-state index is -4.54. The van der Waals surface area contributed by atoms with Crippen LogP contribution in [0, 0.1) is 6.92 Å². The van der Waals surface area contributed by atoms with Crippen LogP contribution < -0.4 is 10.5 Å². The molecule has 1 aromatic carbocycles. The molecule has 0 fully saturated rings. The number of alkyl halides is 3. The molecule has 3 nitrogen and oxygen atoms in total. The molecule has 0 bridgehead atoms. The first-order chi connectivity index (χ1) is 9.81. The number of halogens is 4. The van der Waals surface area contributed by atoms with Crippen molar-refractivity contribution in [1.82, 2.24) is 4.98 Å². The van der Waals surface area contributed by atoms with Gasteiger partial charge >= 0.3 is 6.18 Å². The van der Waals surface area contributed by atoms with Crippen molar-refractivity contribution in [3.05, 3.63) is 52.2 Å². The monoisotopic (exact) mass is 316 g/mol. The topological polar surface area (TPSA) is 48.1 Å². The van der Waals surface area contributed by atoms with E-state index in [1.54, 1.807) is 25.1 Å². The number of aromatic nitrogens is 1. The fraction of sp³-hybridized carbons (Fsp3) is 0.214. The van der Waals surface area contributed by atoms with Gasteiger partial charge in [0.05, 0.1) is 0 Å². The van der Waals surface area contributed by atoms with Crippen molar-refractivity contribution in [2.75, 3.05) is 0 Å². The summed E-state index contributed by atoms with van der Waals surface area (Å²) in [5.74, 6) is 0.221. The third-order valence-electron chi connectivity index (χ3n) is 2.79. The first-order valence-corrected chi connectivity index (χ1v) is 6.40. The number of benzene rings is 1. The number of aryl methyl sites for hydroxylation is 1. The van der Waals surface area contributed by atoms with Crippen molar-refractivity contribution >= 4 is 11.6 Å². The van der Waals surface area contributed by atoms with E-state index in [9.17, 15) is 13.2 Å². The van der Waals surface area contributed by atoms with E-state index >= 15 is 0 Å². The molecule has 0 amide bonds. The van der Waals surface area contributed by atoms with Gasteiger partial charge in [-0.05, 0) is 36.8 Å². The van der Waals surface area contributed by atoms with Crippen molar-refractivity contribution in [3.8, 4) is 11.6 Å². The molecular formula is C14H12ClF3N2O. The third kappa shape index (κ3) is 3.65. The summed E-state index contributed by atoms with van der Waals surface area (Å²) in [7, 11) is 0. The number of ether oxygens (including phenoxy) is 1. The third-order valence-corrected chi connectivity index (χ3v) is 3.03. The van der Waals surface area contributed by atoms with E-state index in [1.165, 1.54) is 6.07 Å². The van der Waals surface area contributed by atoms with Crippen LogP contribution in [0.1, 0.15) is 16.8 Å². The van der Waals surface area contributed by atoms with E-state index < -0.39 is 11.9 Å². The molecule has 112 valence electrons. The minimum absolute atomic E-state index is 0.0209. The average molecular weight is 317 g/mol. The van der Waals surface area contributed by atoms with Crippen molar-refractivity contribution in [2.45, 2.75) is 19.6 Å². The number of nitrogens with zero attached hydrogens (tertiary/aromatic N) is 1. The molecule has 0 saturated heterocycles. The molecule has 1 heterocycles. The lowest BCUT2D eigenvalue weighted by Crippen LogP contribution is -2.11. The summed E-state index contributed by atoms with van der Waals surface area (Å²) < 4.78 is 43.6. The van der Waals surface area contributed by atoms with Crippen molar-refractivity contribution in [2.24, 2.45) is 5.73 Å². The highest BCUT2D eigenvalue weighted by Gasteiger charge is 2.33. The Morgan fingerprint density at radius 1 is 1.24 bits per heavy atom. The Hall–Kier alpha value is -1.79. The highest BCUT2D eigenvalue weighted by Crippen LogP contribution is 2.33. The first-order valence-electron chi connectivity index (χ1n) is 6.02. The Bertz CT molecular complexity index is 659. The SMILES string of the molecule is Cc1cc(Cl)ccc1Oc1nc(C(F)(F)F)ccc1CN. The summed E-state index contributed by atoms with van der Waals surface area (Å²) in [4.78, 5) is 3.51. The van der Waals surface area contributed by atoms with Gasteiger partial charge in [-0.25, -0.2) is 4.98 Å². The Kier molecular flexibility index (Phi) is 4.39. The van der Waals surface area contributed by atoms with Gasteiger partial charge in [0.1, 0.15) is 11.4 Å². The van der Waals surface area contributed by atoms with Crippen LogP contribution in [-0.2, 0) is 12.7 Å². The number of nitrogens with two attached hydrogens (primary N) is 1. The number of hydrogen-bond donors (Lipinski definition) is 1. The van der Waals surface area contributed by atoms with Gasteiger partial charge in [-0.15, -0.1) is 0 Å². The van der Waals surface area contributed by atoms with E-state index in [1.807, 2.05) is 0 Å². The molecule has 0 aliphatic heterocycles. The van der Waals surface area contributed by atoms with Gasteiger partial charge in [0.15, 0.2) is 0 Å². The lowest BCUT2D eigenvalue weighted by Gasteiger charge is -2.13. The van der Waals surface area contributed by atoms with Crippen molar-refractivity contribution < 1.29 is 17.9 Å². The largest absolute Gasteiger partial charge is 0.438 e. The van der Waals surface area contributed by atoms with Crippen LogP contribution >= 0.6 is 11.6 Å². The number of rotatable bonds is 3. The molecule has 7 heteroatoms. The van der Waals surface area contributed by atoms with Gasteiger partial charge in [-0.2, -0.15) is 13.2 Å². The Morgan fingerprint density at radius 2 is 1.95 bits per heavy atom. The highest BCUT2D eigenvalue weighted by molar-refractivity contribution is 6.30. The van der Waals surface area contributed by atoms with E-state index in [2.05, 4.69) is 4.98 Å². The van der Waals surface area contributed by atoms with Gasteiger partial charge < -0.3 is 10.5 Å². The van der Waals surface area contributed by atoms with Crippen LogP contribution in [0.2, 0.25) is 5.02 Å². The van der Waals surface area contributed by atoms with E-state index in [4.69, 9.17) is 22.1 Å². The van der Waals surface area contributed by atoms with Crippen molar-refractivity contribution in [1.29, 1.82) is 0 Å². The zero-order chi connectivity index (χ0) is 15.6. The molecule has 1 aromatic heterocycles. The van der Waals surface area contributed by atoms with E-state index in [0.29, 0.717) is 21.9 Å². The summed E-state index contributed by atoms with van der Waals surface area (Å²) in [6, 6.07) is 6.94. The van der Waals surface area contributed by atoms with Crippen LogP contribution in [0.15, 0.2) is 30.3 Å². The van der Waals surface area contributed by atoms with Gasteiger partial charge in [0.2, 0.25) is 5.88 Å². The summed E-state index contributed by atoms with van der Waals surface area (Å²) in [6.07, 6.45) is -4.54. The van der Waals surface area contributed by atoms with Crippen LogP contribution in [0.3, 0.4) is 0 Å². The van der Waals surface area contributed by atoms with Gasteiger partial charge in [-0.3, -0.25) is 0 Å². The molecule has 0 saturated carbocycles. The molecule has 0 spiro atoms. The maximum atomic E-state index is 12.7. The Balaban J connectivity index is 2.42. The Labute approximate surface area is 124 Å². The van der Waals surface area contributed by atoms with Gasteiger partial charge in [0.25, 0.3) is 0 Å². The van der Waals surface area contributed by atoms with Gasteiger partial charge in [0, 0.05) is 17.1 Å². The quantitative estimate of drug-likeness (QED) is 0.917. The summed E-state index contributed by atoms with van der Waals surface area (Å²) in [6.45, 7) is 1.75. The predicted molar refractivity (Wildman–Crippen MR) is 73.4 cm³/mol. The van der Waals surface area contributed by atoms with Crippen molar-refractivity contribution in [3.63, 3.8) is 0 Å². The minimum Gasteiger partial charge on any atom is -0.438 e. The van der Waals surface area contributed by atoms with Crippen LogP contribution in [0.25, 0.3) is 0 Å². The molecule has 0 aliphatic carbocycles. The summed E-state index contributed by atoms with van der Waals surface area (Å²) in [5, 5.41) is 0.510. The second kappa shape index (κ2) is 5.91. The molecule has 2 N–H and O–H groups in total.